The lowest BCUT2D eigenvalue weighted by molar-refractivity contribution is 0.540. The molecule has 0 aromatic carbocycles. The zero-order valence-electron chi connectivity index (χ0n) is 10.2. The summed E-state index contributed by atoms with van der Waals surface area (Å²) in [6, 6.07) is 6.72. The molecule has 2 heterocycles. The fraction of sp³-hybridized carbons (Fsp3) is 0.417. The first kappa shape index (κ1) is 12.8. The summed E-state index contributed by atoms with van der Waals surface area (Å²) in [4.78, 5) is 1.37. The van der Waals surface area contributed by atoms with Crippen molar-refractivity contribution < 1.29 is 0 Å². The Kier molecular flexibility index (Phi) is 4.01. The molecule has 1 N–H and O–H groups in total. The summed E-state index contributed by atoms with van der Waals surface area (Å²) >= 11 is 5.29. The molecular weight excluding hydrogens is 298 g/mol. The lowest BCUT2D eigenvalue weighted by Crippen LogP contribution is -2.21. The number of thiophene rings is 1. The Bertz CT molecular complexity index is 504. The molecule has 0 bridgehead atoms. The van der Waals surface area contributed by atoms with Crippen LogP contribution in [0.15, 0.2) is 22.0 Å². The zero-order valence-corrected chi connectivity index (χ0v) is 12.6. The molecule has 2 aromatic rings. The first-order chi connectivity index (χ1) is 8.10. The van der Waals surface area contributed by atoms with Crippen LogP contribution >= 0.6 is 27.3 Å². The van der Waals surface area contributed by atoms with Crippen molar-refractivity contribution in [3.05, 3.63) is 38.3 Å². The standard InChI is InChI=1S/C12H16BrN3S/c1-8-6-11(16(3)15-8)10(14-2)7-9-4-5-12(13)17-9/h4-6,10,14H,7H2,1-3H3. The number of nitrogens with zero attached hydrogens (tertiary/aromatic N) is 2. The Hall–Kier alpha value is -0.650. The summed E-state index contributed by atoms with van der Waals surface area (Å²) in [5.74, 6) is 0. The molecule has 0 spiro atoms. The predicted octanol–water partition coefficient (Wildman–Crippen LogP) is 3.06. The highest BCUT2D eigenvalue weighted by atomic mass is 79.9. The number of likely N-dealkylation sites (N-methyl/N-ethyl adjacent to an activating group) is 1. The van der Waals surface area contributed by atoms with Gasteiger partial charge in [0.2, 0.25) is 0 Å². The summed E-state index contributed by atoms with van der Waals surface area (Å²) < 4.78 is 3.14. The van der Waals surface area contributed by atoms with E-state index in [1.165, 1.54) is 14.4 Å². The molecule has 0 aliphatic carbocycles. The fourth-order valence-corrected chi connectivity index (χ4v) is 3.50. The molecule has 2 aromatic heterocycles. The molecule has 0 aliphatic rings. The van der Waals surface area contributed by atoms with Crippen molar-refractivity contribution >= 4 is 27.3 Å². The van der Waals surface area contributed by atoms with E-state index in [2.05, 4.69) is 44.5 Å². The van der Waals surface area contributed by atoms with Crippen molar-refractivity contribution in [2.75, 3.05) is 7.05 Å². The summed E-state index contributed by atoms with van der Waals surface area (Å²) in [5, 5.41) is 7.76. The van der Waals surface area contributed by atoms with Crippen molar-refractivity contribution in [1.29, 1.82) is 0 Å². The molecule has 17 heavy (non-hydrogen) atoms. The van der Waals surface area contributed by atoms with Gasteiger partial charge in [0.1, 0.15) is 0 Å². The van der Waals surface area contributed by atoms with E-state index in [4.69, 9.17) is 0 Å². The number of aromatic nitrogens is 2. The van der Waals surface area contributed by atoms with Crippen LogP contribution in [0.1, 0.15) is 22.3 Å². The smallest absolute Gasteiger partial charge is 0.0701 e. The van der Waals surface area contributed by atoms with E-state index in [1.54, 1.807) is 11.3 Å². The lowest BCUT2D eigenvalue weighted by atomic mass is 10.1. The first-order valence-electron chi connectivity index (χ1n) is 5.52. The molecule has 3 nitrogen and oxygen atoms in total. The molecule has 2 rings (SSSR count). The van der Waals surface area contributed by atoms with Crippen molar-refractivity contribution in [3.8, 4) is 0 Å². The third-order valence-electron chi connectivity index (χ3n) is 2.78. The Labute approximate surface area is 114 Å². The van der Waals surface area contributed by atoms with Crippen molar-refractivity contribution in [3.63, 3.8) is 0 Å². The van der Waals surface area contributed by atoms with Gasteiger partial charge in [-0.05, 0) is 48.1 Å². The molecule has 1 atom stereocenters. The van der Waals surface area contributed by atoms with Crippen molar-refractivity contribution in [1.82, 2.24) is 15.1 Å². The van der Waals surface area contributed by atoms with Crippen LogP contribution in [0.5, 0.6) is 0 Å². The highest BCUT2D eigenvalue weighted by molar-refractivity contribution is 9.11. The van der Waals surface area contributed by atoms with Gasteiger partial charge in [-0.2, -0.15) is 5.10 Å². The van der Waals surface area contributed by atoms with Gasteiger partial charge >= 0.3 is 0 Å². The van der Waals surface area contributed by atoms with Gasteiger partial charge in [-0.25, -0.2) is 0 Å². The second-order valence-electron chi connectivity index (χ2n) is 4.09. The van der Waals surface area contributed by atoms with E-state index in [1.807, 2.05) is 25.7 Å². The van der Waals surface area contributed by atoms with E-state index in [0.29, 0.717) is 6.04 Å². The van der Waals surface area contributed by atoms with Crippen LogP contribution < -0.4 is 5.32 Å². The quantitative estimate of drug-likeness (QED) is 0.940. The molecule has 0 saturated carbocycles. The summed E-state index contributed by atoms with van der Waals surface area (Å²) in [6.07, 6.45) is 0.992. The monoisotopic (exact) mass is 313 g/mol. The van der Waals surface area contributed by atoms with Crippen LogP contribution in [0, 0.1) is 6.92 Å². The van der Waals surface area contributed by atoms with Gasteiger partial charge < -0.3 is 5.32 Å². The maximum absolute atomic E-state index is 4.40. The number of rotatable bonds is 4. The number of nitrogens with one attached hydrogen (secondary N) is 1. The number of halogens is 1. The van der Waals surface area contributed by atoms with Crippen LogP contribution in [0.4, 0.5) is 0 Å². The average Bonchev–Trinajstić information content (AvgIpc) is 2.82. The van der Waals surface area contributed by atoms with Gasteiger partial charge in [-0.3, -0.25) is 4.68 Å². The molecule has 92 valence electrons. The van der Waals surface area contributed by atoms with Crippen LogP contribution in [0.3, 0.4) is 0 Å². The van der Waals surface area contributed by atoms with Gasteiger partial charge in [0, 0.05) is 18.3 Å². The van der Waals surface area contributed by atoms with E-state index in [9.17, 15) is 0 Å². The maximum Gasteiger partial charge on any atom is 0.0701 e. The van der Waals surface area contributed by atoms with Gasteiger partial charge in [0.25, 0.3) is 0 Å². The molecule has 0 amide bonds. The van der Waals surface area contributed by atoms with Crippen LogP contribution in [0.2, 0.25) is 0 Å². The fourth-order valence-electron chi connectivity index (χ4n) is 1.97. The van der Waals surface area contributed by atoms with Crippen LogP contribution in [-0.2, 0) is 13.5 Å². The average molecular weight is 314 g/mol. The minimum absolute atomic E-state index is 0.312. The molecule has 1 unspecified atom stereocenters. The summed E-state index contributed by atoms with van der Waals surface area (Å²) in [7, 11) is 3.99. The van der Waals surface area contributed by atoms with E-state index < -0.39 is 0 Å². The second kappa shape index (κ2) is 5.33. The van der Waals surface area contributed by atoms with Gasteiger partial charge in [0.15, 0.2) is 0 Å². The van der Waals surface area contributed by atoms with Crippen molar-refractivity contribution in [2.45, 2.75) is 19.4 Å². The Morgan fingerprint density at radius 3 is 2.76 bits per heavy atom. The number of aryl methyl sites for hydroxylation is 2. The predicted molar refractivity (Wildman–Crippen MR) is 75.5 cm³/mol. The first-order valence-corrected chi connectivity index (χ1v) is 7.13. The Balaban J connectivity index is 2.19. The van der Waals surface area contributed by atoms with Gasteiger partial charge in [-0.15, -0.1) is 11.3 Å². The highest BCUT2D eigenvalue weighted by Gasteiger charge is 2.15. The Morgan fingerprint density at radius 1 is 1.53 bits per heavy atom. The molecular formula is C12H16BrN3S. The molecule has 0 aliphatic heterocycles. The topological polar surface area (TPSA) is 29.9 Å². The van der Waals surface area contributed by atoms with E-state index >= 15 is 0 Å². The molecule has 0 radical (unpaired) electrons. The molecule has 0 fully saturated rings. The van der Waals surface area contributed by atoms with Crippen LogP contribution in [-0.4, -0.2) is 16.8 Å². The minimum atomic E-state index is 0.312. The van der Waals surface area contributed by atoms with E-state index in [0.717, 1.165) is 12.1 Å². The van der Waals surface area contributed by atoms with E-state index in [-0.39, 0.29) is 0 Å². The minimum Gasteiger partial charge on any atom is -0.311 e. The summed E-state index contributed by atoms with van der Waals surface area (Å²) in [6.45, 7) is 2.03. The highest BCUT2D eigenvalue weighted by Crippen LogP contribution is 2.26. The van der Waals surface area contributed by atoms with Crippen LogP contribution in [0.25, 0.3) is 0 Å². The zero-order chi connectivity index (χ0) is 12.4. The van der Waals surface area contributed by atoms with Crippen molar-refractivity contribution in [2.24, 2.45) is 7.05 Å². The van der Waals surface area contributed by atoms with Gasteiger partial charge in [0.05, 0.1) is 21.2 Å². The number of hydrogen-bond donors (Lipinski definition) is 1. The molecule has 0 saturated heterocycles. The molecule has 5 heteroatoms. The van der Waals surface area contributed by atoms with Gasteiger partial charge in [-0.1, -0.05) is 0 Å². The third-order valence-corrected chi connectivity index (χ3v) is 4.42. The number of hydrogen-bond acceptors (Lipinski definition) is 3. The SMILES string of the molecule is CNC(Cc1ccc(Br)s1)c1cc(C)nn1C. The second-order valence-corrected chi connectivity index (χ2v) is 6.63. The lowest BCUT2D eigenvalue weighted by Gasteiger charge is -2.15. The maximum atomic E-state index is 4.40. The Morgan fingerprint density at radius 2 is 2.29 bits per heavy atom. The normalized spacial score (nSPS) is 12.9. The third kappa shape index (κ3) is 2.97. The summed E-state index contributed by atoms with van der Waals surface area (Å²) in [5.41, 5.74) is 2.30. The largest absolute Gasteiger partial charge is 0.311 e.